The van der Waals surface area contributed by atoms with Gasteiger partial charge >= 0.3 is 5.69 Å². The number of nitrogens with two attached hydrogens (primary N) is 1. The van der Waals surface area contributed by atoms with E-state index < -0.39 is 0 Å². The number of halogens is 1. The van der Waals surface area contributed by atoms with Crippen LogP contribution in [0.1, 0.15) is 5.56 Å². The molecule has 0 saturated heterocycles. The average molecular weight is 254 g/mol. The smallest absolute Gasteiger partial charge is 0.343 e. The standard InChI is InChI=1S/C10H11FN4OS/c1-15-9(16)13-14-10(15)17-5-6-2-3-7(11)4-8(6)12/h2-4H,5,12H2,1H3,(H,13,16). The number of nitrogens with one attached hydrogen (secondary N) is 1. The number of nitrogen functional groups attached to an aromatic ring is 1. The van der Waals surface area contributed by atoms with Crippen LogP contribution in [0.25, 0.3) is 0 Å². The SMILES string of the molecule is Cn1c(SCc2ccc(F)cc2N)n[nH]c1=O. The largest absolute Gasteiger partial charge is 0.398 e. The second kappa shape index (κ2) is 4.62. The van der Waals surface area contributed by atoms with Gasteiger partial charge in [-0.15, -0.1) is 5.10 Å². The van der Waals surface area contributed by atoms with Crippen molar-refractivity contribution in [3.63, 3.8) is 0 Å². The van der Waals surface area contributed by atoms with Crippen LogP contribution in [0.2, 0.25) is 0 Å². The molecule has 0 atom stereocenters. The van der Waals surface area contributed by atoms with E-state index in [1.54, 1.807) is 13.1 Å². The highest BCUT2D eigenvalue weighted by atomic mass is 32.2. The molecule has 1 aromatic carbocycles. The van der Waals surface area contributed by atoms with Crippen molar-refractivity contribution in [1.29, 1.82) is 0 Å². The Hall–Kier alpha value is -1.76. The molecule has 17 heavy (non-hydrogen) atoms. The molecule has 0 fully saturated rings. The summed E-state index contributed by atoms with van der Waals surface area (Å²) in [5.74, 6) is 0.174. The molecular formula is C10H11FN4OS. The molecule has 2 aromatic rings. The first-order chi connectivity index (χ1) is 8.08. The van der Waals surface area contributed by atoms with Gasteiger partial charge in [0.2, 0.25) is 0 Å². The maximum absolute atomic E-state index is 12.8. The summed E-state index contributed by atoms with van der Waals surface area (Å²) in [4.78, 5) is 11.1. The maximum atomic E-state index is 12.8. The van der Waals surface area contributed by atoms with Crippen molar-refractivity contribution in [2.24, 2.45) is 7.05 Å². The summed E-state index contributed by atoms with van der Waals surface area (Å²) in [5, 5.41) is 6.76. The first-order valence-electron chi connectivity index (χ1n) is 4.86. The van der Waals surface area contributed by atoms with E-state index in [4.69, 9.17) is 5.73 Å². The van der Waals surface area contributed by atoms with Gasteiger partial charge in [-0.3, -0.25) is 4.57 Å². The first kappa shape index (κ1) is 11.7. The minimum Gasteiger partial charge on any atom is -0.398 e. The predicted octanol–water partition coefficient (Wildman–Crippen LogP) is 1.12. The fourth-order valence-electron chi connectivity index (χ4n) is 1.30. The van der Waals surface area contributed by atoms with E-state index in [2.05, 4.69) is 10.2 Å². The Morgan fingerprint density at radius 1 is 1.59 bits per heavy atom. The molecule has 2 rings (SSSR count). The number of hydrogen-bond donors (Lipinski definition) is 2. The molecule has 90 valence electrons. The van der Waals surface area contributed by atoms with E-state index in [0.717, 1.165) is 5.56 Å². The Labute approximate surface area is 101 Å². The lowest BCUT2D eigenvalue weighted by atomic mass is 10.2. The van der Waals surface area contributed by atoms with Crippen molar-refractivity contribution >= 4 is 17.4 Å². The van der Waals surface area contributed by atoms with Crippen molar-refractivity contribution in [3.05, 3.63) is 40.1 Å². The number of thioether (sulfide) groups is 1. The highest BCUT2D eigenvalue weighted by Crippen LogP contribution is 2.23. The molecule has 0 spiro atoms. The van der Waals surface area contributed by atoms with E-state index in [9.17, 15) is 9.18 Å². The third-order valence-corrected chi connectivity index (χ3v) is 3.38. The van der Waals surface area contributed by atoms with Gasteiger partial charge in [-0.25, -0.2) is 14.3 Å². The van der Waals surface area contributed by atoms with Gasteiger partial charge in [-0.1, -0.05) is 17.8 Å². The minimum absolute atomic E-state index is 0.264. The number of aromatic nitrogens is 3. The van der Waals surface area contributed by atoms with Crippen molar-refractivity contribution in [2.75, 3.05) is 5.73 Å². The molecule has 0 amide bonds. The fourth-order valence-corrected chi connectivity index (χ4v) is 2.24. The van der Waals surface area contributed by atoms with Crippen LogP contribution < -0.4 is 11.4 Å². The van der Waals surface area contributed by atoms with E-state index in [0.29, 0.717) is 16.6 Å². The second-order valence-electron chi connectivity index (χ2n) is 3.50. The molecule has 0 bridgehead atoms. The zero-order valence-electron chi connectivity index (χ0n) is 9.11. The van der Waals surface area contributed by atoms with Gasteiger partial charge in [0.05, 0.1) is 0 Å². The van der Waals surface area contributed by atoms with Gasteiger partial charge < -0.3 is 5.73 Å². The Balaban J connectivity index is 2.12. The Morgan fingerprint density at radius 3 is 2.94 bits per heavy atom. The van der Waals surface area contributed by atoms with Gasteiger partial charge in [0.25, 0.3) is 0 Å². The lowest BCUT2D eigenvalue weighted by Crippen LogP contribution is -2.12. The molecule has 0 saturated carbocycles. The summed E-state index contributed by atoms with van der Waals surface area (Å²) in [6.45, 7) is 0. The van der Waals surface area contributed by atoms with Crippen LogP contribution in [0.3, 0.4) is 0 Å². The third-order valence-electron chi connectivity index (χ3n) is 2.30. The van der Waals surface area contributed by atoms with E-state index in [1.165, 1.54) is 28.5 Å². The van der Waals surface area contributed by atoms with Crippen molar-refractivity contribution in [1.82, 2.24) is 14.8 Å². The van der Waals surface area contributed by atoms with Gasteiger partial charge in [0, 0.05) is 18.5 Å². The molecule has 7 heteroatoms. The molecule has 3 N–H and O–H groups in total. The molecule has 0 radical (unpaired) electrons. The van der Waals surface area contributed by atoms with E-state index in [1.807, 2.05) is 0 Å². The van der Waals surface area contributed by atoms with Crippen LogP contribution in [0.5, 0.6) is 0 Å². The van der Waals surface area contributed by atoms with Crippen LogP contribution >= 0.6 is 11.8 Å². The van der Waals surface area contributed by atoms with Crippen LogP contribution in [0.4, 0.5) is 10.1 Å². The molecule has 0 aliphatic heterocycles. The Kier molecular flexibility index (Phi) is 3.19. The topological polar surface area (TPSA) is 76.7 Å². The average Bonchev–Trinajstić information content (AvgIpc) is 2.59. The van der Waals surface area contributed by atoms with Crippen LogP contribution in [0.15, 0.2) is 28.2 Å². The van der Waals surface area contributed by atoms with Crippen LogP contribution in [-0.2, 0) is 12.8 Å². The van der Waals surface area contributed by atoms with Crippen LogP contribution in [0, 0.1) is 5.82 Å². The van der Waals surface area contributed by atoms with Gasteiger partial charge in [0.15, 0.2) is 5.16 Å². The summed E-state index contributed by atoms with van der Waals surface area (Å²) >= 11 is 1.36. The number of nitrogens with zero attached hydrogens (tertiary/aromatic N) is 2. The number of H-pyrrole nitrogens is 1. The fraction of sp³-hybridized carbons (Fsp3) is 0.200. The highest BCUT2D eigenvalue weighted by Gasteiger charge is 2.07. The molecule has 0 unspecified atom stereocenters. The first-order valence-corrected chi connectivity index (χ1v) is 5.84. The minimum atomic E-state index is -0.358. The molecule has 1 aromatic heterocycles. The quantitative estimate of drug-likeness (QED) is 0.635. The number of rotatable bonds is 3. The molecule has 0 aliphatic rings. The van der Waals surface area contributed by atoms with Gasteiger partial charge in [-0.05, 0) is 17.7 Å². The Bertz CT molecular complexity index is 592. The highest BCUT2D eigenvalue weighted by molar-refractivity contribution is 7.98. The summed E-state index contributed by atoms with van der Waals surface area (Å²) < 4.78 is 14.2. The van der Waals surface area contributed by atoms with Crippen molar-refractivity contribution in [3.8, 4) is 0 Å². The summed E-state index contributed by atoms with van der Waals surface area (Å²) in [7, 11) is 1.63. The lowest BCUT2D eigenvalue weighted by molar-refractivity contribution is 0.628. The summed E-state index contributed by atoms with van der Waals surface area (Å²) in [6.07, 6.45) is 0. The maximum Gasteiger partial charge on any atom is 0.343 e. The number of aromatic amines is 1. The number of anilines is 1. The monoisotopic (exact) mass is 254 g/mol. The normalized spacial score (nSPS) is 10.7. The van der Waals surface area contributed by atoms with E-state index >= 15 is 0 Å². The van der Waals surface area contributed by atoms with Crippen molar-refractivity contribution < 1.29 is 4.39 Å². The van der Waals surface area contributed by atoms with Crippen molar-refractivity contribution in [2.45, 2.75) is 10.9 Å². The lowest BCUT2D eigenvalue weighted by Gasteiger charge is -2.04. The third kappa shape index (κ3) is 2.50. The summed E-state index contributed by atoms with van der Waals surface area (Å²) in [5.41, 5.74) is 6.63. The molecule has 1 heterocycles. The summed E-state index contributed by atoms with van der Waals surface area (Å²) in [6, 6.07) is 4.26. The number of hydrogen-bond acceptors (Lipinski definition) is 4. The molecular weight excluding hydrogens is 243 g/mol. The Morgan fingerprint density at radius 2 is 2.35 bits per heavy atom. The number of benzene rings is 1. The van der Waals surface area contributed by atoms with E-state index in [-0.39, 0.29) is 11.5 Å². The van der Waals surface area contributed by atoms with Gasteiger partial charge in [0.1, 0.15) is 5.82 Å². The van der Waals surface area contributed by atoms with Crippen LogP contribution in [-0.4, -0.2) is 14.8 Å². The van der Waals surface area contributed by atoms with Gasteiger partial charge in [-0.2, -0.15) is 0 Å². The predicted molar refractivity (Wildman–Crippen MR) is 64.2 cm³/mol. The molecule has 0 aliphatic carbocycles. The molecule has 5 nitrogen and oxygen atoms in total. The zero-order chi connectivity index (χ0) is 12.4. The zero-order valence-corrected chi connectivity index (χ0v) is 9.92. The second-order valence-corrected chi connectivity index (χ2v) is 4.44.